The van der Waals surface area contributed by atoms with Crippen LogP contribution in [0.1, 0.15) is 0 Å². The highest BCUT2D eigenvalue weighted by Gasteiger charge is 2.07. The van der Waals surface area contributed by atoms with Gasteiger partial charge in [0.25, 0.3) is 0 Å². The van der Waals surface area contributed by atoms with Crippen LogP contribution in [0.5, 0.6) is 5.75 Å². The Morgan fingerprint density at radius 1 is 1.17 bits per heavy atom. The molecule has 0 saturated heterocycles. The minimum Gasteiger partial charge on any atom is -0.508 e. The first-order chi connectivity index (χ1) is 8.63. The van der Waals surface area contributed by atoms with E-state index in [0.717, 1.165) is 26.9 Å². The van der Waals surface area contributed by atoms with Gasteiger partial charge in [0.2, 0.25) is 0 Å². The number of imidazole rings is 1. The SMILES string of the molecule is Nc1cc(-c2nc3ccc(O)cc3[nH]2)ccc1Br. The molecule has 5 heteroatoms. The maximum absolute atomic E-state index is 9.42. The number of nitrogen functional groups attached to an aromatic ring is 1. The third-order valence-electron chi connectivity index (χ3n) is 2.73. The Kier molecular flexibility index (Phi) is 2.48. The van der Waals surface area contributed by atoms with Crippen molar-refractivity contribution < 1.29 is 5.11 Å². The first-order valence-corrected chi connectivity index (χ1v) is 6.17. The molecule has 18 heavy (non-hydrogen) atoms. The molecule has 0 saturated carbocycles. The Balaban J connectivity index is 2.16. The van der Waals surface area contributed by atoms with E-state index in [4.69, 9.17) is 5.73 Å². The molecule has 3 rings (SSSR count). The quantitative estimate of drug-likeness (QED) is 0.604. The standard InChI is InChI=1S/C13H10BrN3O/c14-9-3-1-7(5-10(9)15)13-16-11-4-2-8(18)6-12(11)17-13/h1-6,18H,15H2,(H,16,17). The Morgan fingerprint density at radius 2 is 2.00 bits per heavy atom. The second-order valence-electron chi connectivity index (χ2n) is 4.02. The number of aromatic hydroxyl groups is 1. The van der Waals surface area contributed by atoms with E-state index in [9.17, 15) is 5.11 Å². The monoisotopic (exact) mass is 303 g/mol. The average Bonchev–Trinajstić information content (AvgIpc) is 2.75. The van der Waals surface area contributed by atoms with Crippen molar-refractivity contribution in [2.45, 2.75) is 0 Å². The Labute approximate surface area is 112 Å². The average molecular weight is 304 g/mol. The lowest BCUT2D eigenvalue weighted by Gasteiger charge is -2.00. The zero-order valence-corrected chi connectivity index (χ0v) is 10.9. The summed E-state index contributed by atoms with van der Waals surface area (Å²) < 4.78 is 0.861. The van der Waals surface area contributed by atoms with Crippen molar-refractivity contribution in [1.29, 1.82) is 0 Å². The number of aromatic amines is 1. The van der Waals surface area contributed by atoms with E-state index in [-0.39, 0.29) is 5.75 Å². The van der Waals surface area contributed by atoms with Crippen molar-refractivity contribution in [3.8, 4) is 17.1 Å². The van der Waals surface area contributed by atoms with Crippen LogP contribution in [0.3, 0.4) is 0 Å². The van der Waals surface area contributed by atoms with Crippen LogP contribution in [0.15, 0.2) is 40.9 Å². The molecule has 0 bridgehead atoms. The predicted molar refractivity (Wildman–Crippen MR) is 75.3 cm³/mol. The van der Waals surface area contributed by atoms with Gasteiger partial charge in [-0.1, -0.05) is 0 Å². The molecule has 0 radical (unpaired) electrons. The molecular weight excluding hydrogens is 294 g/mol. The van der Waals surface area contributed by atoms with Crippen LogP contribution in [-0.4, -0.2) is 15.1 Å². The first-order valence-electron chi connectivity index (χ1n) is 5.37. The molecule has 1 heterocycles. The maximum Gasteiger partial charge on any atom is 0.138 e. The number of halogens is 1. The molecule has 4 nitrogen and oxygen atoms in total. The van der Waals surface area contributed by atoms with Gasteiger partial charge in [0.1, 0.15) is 11.6 Å². The van der Waals surface area contributed by atoms with Gasteiger partial charge in [0.15, 0.2) is 0 Å². The molecule has 0 spiro atoms. The van der Waals surface area contributed by atoms with E-state index < -0.39 is 0 Å². The second-order valence-corrected chi connectivity index (χ2v) is 4.88. The molecule has 0 aliphatic carbocycles. The summed E-state index contributed by atoms with van der Waals surface area (Å²) in [4.78, 5) is 7.61. The third kappa shape index (κ3) is 1.82. The molecule has 4 N–H and O–H groups in total. The number of phenolic OH excluding ortho intramolecular Hbond substituents is 1. The smallest absolute Gasteiger partial charge is 0.138 e. The van der Waals surface area contributed by atoms with Gasteiger partial charge in [-0.2, -0.15) is 0 Å². The van der Waals surface area contributed by atoms with E-state index >= 15 is 0 Å². The summed E-state index contributed by atoms with van der Waals surface area (Å²) in [6, 6.07) is 10.7. The zero-order valence-electron chi connectivity index (χ0n) is 9.31. The summed E-state index contributed by atoms with van der Waals surface area (Å²) in [7, 11) is 0. The molecule has 0 aliphatic rings. The second kappa shape index (κ2) is 4.03. The fraction of sp³-hybridized carbons (Fsp3) is 0. The van der Waals surface area contributed by atoms with Crippen molar-refractivity contribution in [1.82, 2.24) is 9.97 Å². The molecule has 2 aromatic carbocycles. The molecular formula is C13H10BrN3O. The van der Waals surface area contributed by atoms with Gasteiger partial charge >= 0.3 is 0 Å². The summed E-state index contributed by atoms with van der Waals surface area (Å²) in [5, 5.41) is 9.42. The third-order valence-corrected chi connectivity index (χ3v) is 3.46. The van der Waals surface area contributed by atoms with Crippen molar-refractivity contribution in [2.75, 3.05) is 5.73 Å². The summed E-state index contributed by atoms with van der Waals surface area (Å²) in [6.07, 6.45) is 0. The molecule has 1 aromatic heterocycles. The van der Waals surface area contributed by atoms with Gasteiger partial charge in [-0.3, -0.25) is 0 Å². The molecule has 0 unspecified atom stereocenters. The first kappa shape index (κ1) is 11.1. The fourth-order valence-corrected chi connectivity index (χ4v) is 2.07. The highest BCUT2D eigenvalue weighted by atomic mass is 79.9. The minimum atomic E-state index is 0.216. The number of aromatic nitrogens is 2. The minimum absolute atomic E-state index is 0.216. The van der Waals surface area contributed by atoms with Crippen molar-refractivity contribution >= 4 is 32.7 Å². The lowest BCUT2D eigenvalue weighted by Crippen LogP contribution is -1.88. The number of H-pyrrole nitrogens is 1. The van der Waals surface area contributed by atoms with Gasteiger partial charge in [-0.05, 0) is 46.3 Å². The number of hydrogen-bond acceptors (Lipinski definition) is 3. The van der Waals surface area contributed by atoms with Crippen LogP contribution in [-0.2, 0) is 0 Å². The van der Waals surface area contributed by atoms with Crippen LogP contribution in [0.25, 0.3) is 22.4 Å². The fourth-order valence-electron chi connectivity index (χ4n) is 1.83. The van der Waals surface area contributed by atoms with E-state index in [1.165, 1.54) is 0 Å². The van der Waals surface area contributed by atoms with Crippen molar-refractivity contribution in [3.05, 3.63) is 40.9 Å². The van der Waals surface area contributed by atoms with Crippen molar-refractivity contribution in [2.24, 2.45) is 0 Å². The van der Waals surface area contributed by atoms with Crippen LogP contribution in [0, 0.1) is 0 Å². The lowest BCUT2D eigenvalue weighted by molar-refractivity contribution is 0.476. The van der Waals surface area contributed by atoms with Crippen LogP contribution >= 0.6 is 15.9 Å². The summed E-state index contributed by atoms with van der Waals surface area (Å²) in [6.45, 7) is 0. The number of rotatable bonds is 1. The molecule has 90 valence electrons. The highest BCUT2D eigenvalue weighted by molar-refractivity contribution is 9.10. The van der Waals surface area contributed by atoms with Gasteiger partial charge in [0, 0.05) is 21.8 Å². The number of phenols is 1. The van der Waals surface area contributed by atoms with E-state index in [0.29, 0.717) is 5.69 Å². The predicted octanol–water partition coefficient (Wildman–Crippen LogP) is 3.28. The summed E-state index contributed by atoms with van der Waals surface area (Å²) in [5.74, 6) is 0.947. The summed E-state index contributed by atoms with van der Waals surface area (Å²) in [5.41, 5.74) is 9.03. The van der Waals surface area contributed by atoms with Gasteiger partial charge in [-0.25, -0.2) is 4.98 Å². The Hall–Kier alpha value is -2.01. The van der Waals surface area contributed by atoms with Gasteiger partial charge in [-0.15, -0.1) is 0 Å². The lowest BCUT2D eigenvalue weighted by atomic mass is 10.2. The number of fused-ring (bicyclic) bond motifs is 1. The molecule has 0 amide bonds. The van der Waals surface area contributed by atoms with E-state index in [1.807, 2.05) is 18.2 Å². The van der Waals surface area contributed by atoms with Gasteiger partial charge in [0.05, 0.1) is 11.0 Å². The number of hydrogen-bond donors (Lipinski definition) is 3. The number of benzene rings is 2. The highest BCUT2D eigenvalue weighted by Crippen LogP contribution is 2.27. The largest absolute Gasteiger partial charge is 0.508 e. The molecule has 0 aliphatic heterocycles. The molecule has 0 atom stereocenters. The molecule has 3 aromatic rings. The van der Waals surface area contributed by atoms with Crippen molar-refractivity contribution in [3.63, 3.8) is 0 Å². The number of nitrogens with two attached hydrogens (primary N) is 1. The van der Waals surface area contributed by atoms with Crippen LogP contribution in [0.2, 0.25) is 0 Å². The number of nitrogens with one attached hydrogen (secondary N) is 1. The van der Waals surface area contributed by atoms with Crippen LogP contribution < -0.4 is 5.73 Å². The topological polar surface area (TPSA) is 74.9 Å². The van der Waals surface area contributed by atoms with Gasteiger partial charge < -0.3 is 15.8 Å². The van der Waals surface area contributed by atoms with Crippen LogP contribution in [0.4, 0.5) is 5.69 Å². The van der Waals surface area contributed by atoms with E-state index in [2.05, 4.69) is 25.9 Å². The maximum atomic E-state index is 9.42. The Bertz CT molecular complexity index is 736. The normalized spacial score (nSPS) is 10.9. The molecule has 0 fully saturated rings. The Morgan fingerprint density at radius 3 is 2.78 bits per heavy atom. The number of nitrogens with zero attached hydrogens (tertiary/aromatic N) is 1. The zero-order chi connectivity index (χ0) is 12.7. The number of anilines is 1. The van der Waals surface area contributed by atoms with E-state index in [1.54, 1.807) is 18.2 Å². The summed E-state index contributed by atoms with van der Waals surface area (Å²) >= 11 is 3.36.